The fourth-order valence-electron chi connectivity index (χ4n) is 1.56. The average Bonchev–Trinajstić information content (AvgIpc) is 2.94. The van der Waals surface area contributed by atoms with E-state index in [0.717, 1.165) is 25.7 Å². The summed E-state index contributed by atoms with van der Waals surface area (Å²) in [5.41, 5.74) is 0. The molecule has 0 aliphatic heterocycles. The van der Waals surface area contributed by atoms with Gasteiger partial charge in [-0.1, -0.05) is 19.3 Å². The van der Waals surface area contributed by atoms with Crippen molar-refractivity contribution in [1.29, 1.82) is 0 Å². The molecule has 2 unspecified atom stereocenters. The van der Waals surface area contributed by atoms with Crippen LogP contribution in [-0.4, -0.2) is 23.2 Å². The Morgan fingerprint density at radius 2 is 2.36 bits per heavy atom. The van der Waals surface area contributed by atoms with Gasteiger partial charge in [0.15, 0.2) is 0 Å². The van der Waals surface area contributed by atoms with Crippen molar-refractivity contribution in [2.75, 3.05) is 0 Å². The molecule has 2 N–H and O–H groups in total. The zero-order valence-electron chi connectivity index (χ0n) is 8.49. The molecule has 78 valence electrons. The lowest BCUT2D eigenvalue weighted by Crippen LogP contribution is -2.44. The molecular formula is C11H17NO2. The van der Waals surface area contributed by atoms with Gasteiger partial charge in [0.25, 0.3) is 0 Å². The second kappa shape index (κ2) is 5.02. The largest absolute Gasteiger partial charge is 0.480 e. The summed E-state index contributed by atoms with van der Waals surface area (Å²) < 4.78 is 0. The number of nitrogens with one attached hydrogen (secondary N) is 1. The molecule has 0 spiro atoms. The number of carbonyl (C=O) groups is 1. The van der Waals surface area contributed by atoms with Gasteiger partial charge in [-0.2, -0.15) is 0 Å². The minimum absolute atomic E-state index is 0.0956. The van der Waals surface area contributed by atoms with Crippen LogP contribution in [0.5, 0.6) is 0 Å². The van der Waals surface area contributed by atoms with Crippen molar-refractivity contribution < 1.29 is 9.90 Å². The zero-order valence-corrected chi connectivity index (χ0v) is 8.49. The first-order valence-corrected chi connectivity index (χ1v) is 5.14. The maximum absolute atomic E-state index is 10.9. The Bertz CT molecular complexity index is 240. The van der Waals surface area contributed by atoms with Crippen LogP contribution < -0.4 is 5.32 Å². The Balaban J connectivity index is 2.45. The molecule has 1 fully saturated rings. The molecule has 1 aliphatic carbocycles. The highest BCUT2D eigenvalue weighted by atomic mass is 16.4. The average molecular weight is 195 g/mol. The van der Waals surface area contributed by atoms with E-state index in [2.05, 4.69) is 11.2 Å². The Hall–Kier alpha value is -1.01. The second-order valence-corrected chi connectivity index (χ2v) is 3.83. The molecule has 3 nitrogen and oxygen atoms in total. The number of carboxylic acids is 1. The third-order valence-corrected chi connectivity index (χ3v) is 2.52. The molecule has 0 aromatic carbocycles. The lowest BCUT2D eigenvalue weighted by molar-refractivity contribution is -0.140. The number of carboxylic acid groups (broad SMARTS) is 1. The van der Waals surface area contributed by atoms with E-state index >= 15 is 0 Å². The highest BCUT2D eigenvalue weighted by Crippen LogP contribution is 2.33. The molecule has 0 radical (unpaired) electrons. The van der Waals surface area contributed by atoms with Crippen molar-refractivity contribution in [3.63, 3.8) is 0 Å². The van der Waals surface area contributed by atoms with E-state index in [9.17, 15) is 4.79 Å². The van der Waals surface area contributed by atoms with Crippen LogP contribution in [-0.2, 0) is 4.79 Å². The Morgan fingerprint density at radius 3 is 2.71 bits per heavy atom. The molecule has 0 heterocycles. The second-order valence-electron chi connectivity index (χ2n) is 3.83. The normalized spacial score (nSPS) is 19.7. The van der Waals surface area contributed by atoms with E-state index < -0.39 is 12.0 Å². The first kappa shape index (κ1) is 11.1. The van der Waals surface area contributed by atoms with Crippen LogP contribution in [0.1, 0.15) is 32.6 Å². The maximum atomic E-state index is 10.9. The van der Waals surface area contributed by atoms with Crippen molar-refractivity contribution in [3.8, 4) is 12.3 Å². The first-order chi connectivity index (χ1) is 6.69. The Morgan fingerprint density at radius 1 is 1.71 bits per heavy atom. The van der Waals surface area contributed by atoms with Crippen LogP contribution in [0.2, 0.25) is 0 Å². The number of hydrogen-bond donors (Lipinski definition) is 2. The molecular weight excluding hydrogens is 178 g/mol. The summed E-state index contributed by atoms with van der Waals surface area (Å²) >= 11 is 0. The predicted octanol–water partition coefficient (Wildman–Crippen LogP) is 1.24. The van der Waals surface area contributed by atoms with Crippen molar-refractivity contribution in [2.45, 2.75) is 44.7 Å². The van der Waals surface area contributed by atoms with Crippen molar-refractivity contribution in [1.82, 2.24) is 5.32 Å². The van der Waals surface area contributed by atoms with Gasteiger partial charge in [0.1, 0.15) is 6.04 Å². The molecule has 0 amide bonds. The topological polar surface area (TPSA) is 49.3 Å². The maximum Gasteiger partial charge on any atom is 0.321 e. The van der Waals surface area contributed by atoms with Crippen LogP contribution in [0.25, 0.3) is 0 Å². The Labute approximate surface area is 84.9 Å². The highest BCUT2D eigenvalue weighted by molar-refractivity contribution is 5.74. The summed E-state index contributed by atoms with van der Waals surface area (Å²) in [5, 5.41) is 12.0. The summed E-state index contributed by atoms with van der Waals surface area (Å²) in [6, 6.07) is -0.538. The van der Waals surface area contributed by atoms with Crippen LogP contribution in [0, 0.1) is 18.3 Å². The molecule has 0 saturated heterocycles. The van der Waals surface area contributed by atoms with E-state index in [-0.39, 0.29) is 6.04 Å². The summed E-state index contributed by atoms with van der Waals surface area (Å²) in [4.78, 5) is 10.9. The number of rotatable bonds is 6. The van der Waals surface area contributed by atoms with Gasteiger partial charge in [-0.15, -0.1) is 6.42 Å². The fraction of sp³-hybridized carbons (Fsp3) is 0.727. The molecule has 1 aliphatic rings. The number of hydrogen-bond acceptors (Lipinski definition) is 2. The number of aliphatic carboxylic acids is 1. The van der Waals surface area contributed by atoms with Gasteiger partial charge < -0.3 is 5.11 Å². The molecule has 3 heteroatoms. The summed E-state index contributed by atoms with van der Waals surface area (Å²) in [6.45, 7) is 2.04. The van der Waals surface area contributed by atoms with Gasteiger partial charge in [-0.05, 0) is 25.2 Å². The van der Waals surface area contributed by atoms with Crippen molar-refractivity contribution >= 4 is 5.97 Å². The molecule has 0 bridgehead atoms. The van der Waals surface area contributed by atoms with Gasteiger partial charge >= 0.3 is 5.97 Å². The lowest BCUT2D eigenvalue weighted by atomic mass is 10.1. The predicted molar refractivity (Wildman–Crippen MR) is 54.8 cm³/mol. The first-order valence-electron chi connectivity index (χ1n) is 5.14. The lowest BCUT2D eigenvalue weighted by Gasteiger charge is -2.18. The minimum atomic E-state index is -0.774. The van der Waals surface area contributed by atoms with E-state index in [1.54, 1.807) is 0 Å². The smallest absolute Gasteiger partial charge is 0.321 e. The molecule has 1 saturated carbocycles. The highest BCUT2D eigenvalue weighted by Gasteiger charge is 2.36. The van der Waals surface area contributed by atoms with Gasteiger partial charge in [0.2, 0.25) is 0 Å². The monoisotopic (exact) mass is 195 g/mol. The molecule has 0 aromatic rings. The van der Waals surface area contributed by atoms with Crippen molar-refractivity contribution in [2.24, 2.45) is 5.92 Å². The molecule has 14 heavy (non-hydrogen) atoms. The van der Waals surface area contributed by atoms with E-state index in [1.807, 2.05) is 6.92 Å². The molecule has 0 aromatic heterocycles. The standard InChI is InChI=1S/C11H17NO2/c1-3-5-9(4-2)12-10(11(13)14)8-6-7-8/h2,8-10,12H,3,5-7H2,1H3,(H,13,14). The van der Waals surface area contributed by atoms with E-state index in [0.29, 0.717) is 5.92 Å². The third kappa shape index (κ3) is 3.04. The SMILES string of the molecule is C#CC(CCC)NC(C(=O)O)C1CC1. The van der Waals surface area contributed by atoms with Crippen molar-refractivity contribution in [3.05, 3.63) is 0 Å². The van der Waals surface area contributed by atoms with Gasteiger partial charge in [0.05, 0.1) is 6.04 Å². The fourth-order valence-corrected chi connectivity index (χ4v) is 1.56. The Kier molecular flexibility index (Phi) is 3.97. The van der Waals surface area contributed by atoms with E-state index in [1.165, 1.54) is 0 Å². The van der Waals surface area contributed by atoms with Crippen LogP contribution in [0.15, 0.2) is 0 Å². The quantitative estimate of drug-likeness (QED) is 0.627. The molecule has 1 rings (SSSR count). The van der Waals surface area contributed by atoms with Crippen LogP contribution in [0.3, 0.4) is 0 Å². The third-order valence-electron chi connectivity index (χ3n) is 2.52. The van der Waals surface area contributed by atoms with Crippen LogP contribution >= 0.6 is 0 Å². The number of terminal acetylenes is 1. The minimum Gasteiger partial charge on any atom is -0.480 e. The summed E-state index contributed by atoms with van der Waals surface area (Å²) in [7, 11) is 0. The van der Waals surface area contributed by atoms with E-state index in [4.69, 9.17) is 11.5 Å². The van der Waals surface area contributed by atoms with Gasteiger partial charge in [-0.3, -0.25) is 10.1 Å². The summed E-state index contributed by atoms with van der Waals surface area (Å²) in [6.07, 6.45) is 9.15. The van der Waals surface area contributed by atoms with Gasteiger partial charge in [-0.25, -0.2) is 0 Å². The zero-order chi connectivity index (χ0) is 10.6. The molecule has 2 atom stereocenters. The van der Waals surface area contributed by atoms with Gasteiger partial charge in [0, 0.05) is 0 Å². The van der Waals surface area contributed by atoms with Crippen LogP contribution in [0.4, 0.5) is 0 Å². The summed E-state index contributed by atoms with van der Waals surface area (Å²) in [5.74, 6) is 2.11.